The number of nitrogen functional groups attached to an aromatic ring is 1. The first-order chi connectivity index (χ1) is 17.6. The van der Waals surface area contributed by atoms with E-state index in [0.717, 1.165) is 41.6 Å². The van der Waals surface area contributed by atoms with Crippen molar-refractivity contribution in [1.29, 1.82) is 0 Å². The Bertz CT molecular complexity index is 1530. The molecule has 6 rings (SSSR count). The van der Waals surface area contributed by atoms with E-state index in [1.165, 1.54) is 11.3 Å². The number of H-pyrrole nitrogens is 1. The van der Waals surface area contributed by atoms with Crippen molar-refractivity contribution in [2.75, 3.05) is 11.1 Å². The summed E-state index contributed by atoms with van der Waals surface area (Å²) >= 11 is 1.33. The minimum absolute atomic E-state index is 0.225. The molecule has 0 bridgehead atoms. The molecule has 1 unspecified atom stereocenters. The number of nitrogens with two attached hydrogens (primary N) is 1. The summed E-state index contributed by atoms with van der Waals surface area (Å²) in [5.41, 5.74) is 11.1. The van der Waals surface area contributed by atoms with Crippen molar-refractivity contribution in [3.8, 4) is 11.8 Å². The number of benzene rings is 1. The molecule has 9 nitrogen and oxygen atoms in total. The van der Waals surface area contributed by atoms with E-state index in [-0.39, 0.29) is 11.8 Å². The van der Waals surface area contributed by atoms with Crippen molar-refractivity contribution >= 4 is 34.1 Å². The van der Waals surface area contributed by atoms with Crippen LogP contribution in [0, 0.1) is 11.8 Å². The van der Waals surface area contributed by atoms with Crippen LogP contribution in [0.25, 0.3) is 0 Å². The van der Waals surface area contributed by atoms with Gasteiger partial charge in [-0.2, -0.15) is 5.10 Å². The van der Waals surface area contributed by atoms with Crippen LogP contribution in [-0.2, 0) is 24.2 Å². The molecule has 4 aromatic rings. The number of aryl methyl sites for hydroxylation is 1. The number of fused-ring (bicyclic) bond motifs is 2. The van der Waals surface area contributed by atoms with Crippen LogP contribution in [0.1, 0.15) is 56.5 Å². The van der Waals surface area contributed by atoms with E-state index in [4.69, 9.17) is 5.73 Å². The van der Waals surface area contributed by atoms with Crippen molar-refractivity contribution in [3.63, 3.8) is 0 Å². The third-order valence-corrected chi connectivity index (χ3v) is 7.09. The van der Waals surface area contributed by atoms with E-state index >= 15 is 0 Å². The first-order valence-electron chi connectivity index (χ1n) is 11.5. The minimum atomic E-state index is -0.873. The second-order valence-corrected chi connectivity index (χ2v) is 9.57. The molecule has 36 heavy (non-hydrogen) atoms. The van der Waals surface area contributed by atoms with Crippen LogP contribution in [-0.4, -0.2) is 36.9 Å². The summed E-state index contributed by atoms with van der Waals surface area (Å²) in [5.74, 6) is 6.00. The molecule has 10 heteroatoms. The highest BCUT2D eigenvalue weighted by Crippen LogP contribution is 2.36. The van der Waals surface area contributed by atoms with E-state index in [1.54, 1.807) is 40.9 Å². The summed E-state index contributed by atoms with van der Waals surface area (Å²) in [6.07, 6.45) is 5.95. The predicted octanol–water partition coefficient (Wildman–Crippen LogP) is 3.07. The normalized spacial score (nSPS) is 14.7. The lowest BCUT2D eigenvalue weighted by Gasteiger charge is -2.26. The lowest BCUT2D eigenvalue weighted by molar-refractivity contribution is -0.121. The van der Waals surface area contributed by atoms with Gasteiger partial charge in [-0.3, -0.25) is 20.0 Å². The summed E-state index contributed by atoms with van der Waals surface area (Å²) in [4.78, 5) is 36.9. The summed E-state index contributed by atoms with van der Waals surface area (Å²) < 4.78 is 0. The Labute approximate surface area is 210 Å². The van der Waals surface area contributed by atoms with E-state index in [0.29, 0.717) is 34.3 Å². The SMILES string of the molecule is Nc1ccc(C#Cc2ccc3c(c2)C(=O)N(C(C(=O)Nc2nccs2)c2n[nH]c4c2CCC4)C3)cn1. The summed E-state index contributed by atoms with van der Waals surface area (Å²) in [6.45, 7) is 0.307. The molecule has 178 valence electrons. The number of nitrogens with one attached hydrogen (secondary N) is 2. The molecule has 0 saturated heterocycles. The van der Waals surface area contributed by atoms with Crippen LogP contribution < -0.4 is 11.1 Å². The molecule has 4 heterocycles. The Kier molecular flexibility index (Phi) is 5.47. The van der Waals surface area contributed by atoms with Crippen LogP contribution in [0.3, 0.4) is 0 Å². The van der Waals surface area contributed by atoms with Crippen LogP contribution in [0.2, 0.25) is 0 Å². The Morgan fingerprint density at radius 1 is 1.17 bits per heavy atom. The Morgan fingerprint density at radius 2 is 2.03 bits per heavy atom. The molecule has 1 aromatic carbocycles. The fourth-order valence-electron chi connectivity index (χ4n) is 4.68. The molecule has 1 atom stereocenters. The van der Waals surface area contributed by atoms with Crippen LogP contribution in [0.4, 0.5) is 10.9 Å². The zero-order valence-corrected chi connectivity index (χ0v) is 19.9. The van der Waals surface area contributed by atoms with E-state index < -0.39 is 6.04 Å². The molecule has 0 spiro atoms. The molecule has 2 amide bonds. The zero-order chi connectivity index (χ0) is 24.6. The third kappa shape index (κ3) is 3.99. The number of carbonyl (C=O) groups is 2. The summed E-state index contributed by atoms with van der Waals surface area (Å²) in [7, 11) is 0. The number of amides is 2. The van der Waals surface area contributed by atoms with Crippen LogP contribution >= 0.6 is 11.3 Å². The zero-order valence-electron chi connectivity index (χ0n) is 19.1. The molecule has 1 aliphatic heterocycles. The summed E-state index contributed by atoms with van der Waals surface area (Å²) in [5, 5.41) is 12.7. The minimum Gasteiger partial charge on any atom is -0.384 e. The third-order valence-electron chi connectivity index (χ3n) is 6.40. The largest absolute Gasteiger partial charge is 0.384 e. The number of aromatic nitrogens is 4. The highest BCUT2D eigenvalue weighted by molar-refractivity contribution is 7.13. The fraction of sp³-hybridized carbons (Fsp3) is 0.192. The van der Waals surface area contributed by atoms with Crippen LogP contribution in [0.5, 0.6) is 0 Å². The number of hydrogen-bond donors (Lipinski definition) is 3. The highest BCUT2D eigenvalue weighted by Gasteiger charge is 2.41. The molecule has 0 radical (unpaired) electrons. The number of aromatic amines is 1. The average molecular weight is 496 g/mol. The van der Waals surface area contributed by atoms with Gasteiger partial charge in [0.2, 0.25) is 0 Å². The number of thiazole rings is 1. The second-order valence-electron chi connectivity index (χ2n) is 8.68. The maximum Gasteiger partial charge on any atom is 0.255 e. The number of pyridine rings is 1. The lowest BCUT2D eigenvalue weighted by Crippen LogP contribution is -2.38. The van der Waals surface area contributed by atoms with Gasteiger partial charge < -0.3 is 10.6 Å². The first-order valence-corrected chi connectivity index (χ1v) is 12.4. The van der Waals surface area contributed by atoms with E-state index in [1.807, 2.05) is 12.1 Å². The van der Waals surface area contributed by atoms with Gasteiger partial charge in [0.25, 0.3) is 11.8 Å². The van der Waals surface area contributed by atoms with Gasteiger partial charge in [0, 0.05) is 46.7 Å². The van der Waals surface area contributed by atoms with Crippen molar-refractivity contribution in [1.82, 2.24) is 25.1 Å². The molecule has 1 aliphatic carbocycles. The first kappa shape index (κ1) is 22.0. The van der Waals surface area contributed by atoms with Gasteiger partial charge in [-0.1, -0.05) is 17.9 Å². The number of rotatable bonds is 4. The lowest BCUT2D eigenvalue weighted by atomic mass is 10.1. The van der Waals surface area contributed by atoms with Gasteiger partial charge in [0.05, 0.1) is 5.69 Å². The van der Waals surface area contributed by atoms with Gasteiger partial charge in [0.1, 0.15) is 5.82 Å². The van der Waals surface area contributed by atoms with E-state index in [2.05, 4.69) is 37.3 Å². The number of hydrogen-bond acceptors (Lipinski definition) is 7. The van der Waals surface area contributed by atoms with Gasteiger partial charge in [-0.05, 0) is 54.7 Å². The maximum atomic E-state index is 13.6. The van der Waals surface area contributed by atoms with Gasteiger partial charge in [0.15, 0.2) is 11.2 Å². The predicted molar refractivity (Wildman–Crippen MR) is 135 cm³/mol. The molecule has 3 aromatic heterocycles. The standard InChI is InChI=1S/C26H21N7O2S/c27-21-9-7-16(13-29-21)5-4-15-6-8-17-14-33(25(35)19(17)12-15)23(24(34)30-26-28-10-11-36-26)22-18-2-1-3-20(18)31-32-22/h6-13,23H,1-3,14H2,(H2,27,29)(H,31,32)(H,28,30,34). The average Bonchev–Trinajstić information content (AvgIpc) is 3.67. The summed E-state index contributed by atoms with van der Waals surface area (Å²) in [6, 6.07) is 8.16. The van der Waals surface area contributed by atoms with Crippen molar-refractivity contribution < 1.29 is 9.59 Å². The van der Waals surface area contributed by atoms with Gasteiger partial charge >= 0.3 is 0 Å². The molecule has 0 saturated carbocycles. The molecule has 4 N–H and O–H groups in total. The van der Waals surface area contributed by atoms with Crippen molar-refractivity contribution in [2.45, 2.75) is 31.8 Å². The molecule has 0 fully saturated rings. The van der Waals surface area contributed by atoms with Crippen molar-refractivity contribution in [3.05, 3.63) is 87.3 Å². The Balaban J connectivity index is 1.32. The van der Waals surface area contributed by atoms with Crippen molar-refractivity contribution in [2.24, 2.45) is 0 Å². The Hall–Kier alpha value is -4.49. The maximum absolute atomic E-state index is 13.6. The monoisotopic (exact) mass is 495 g/mol. The molecular weight excluding hydrogens is 474 g/mol. The number of carbonyl (C=O) groups excluding carboxylic acids is 2. The highest BCUT2D eigenvalue weighted by atomic mass is 32.1. The quantitative estimate of drug-likeness (QED) is 0.373. The number of anilines is 2. The van der Waals surface area contributed by atoms with Gasteiger partial charge in [-0.25, -0.2) is 9.97 Å². The van der Waals surface area contributed by atoms with Gasteiger partial charge in [-0.15, -0.1) is 11.3 Å². The fourth-order valence-corrected chi connectivity index (χ4v) is 5.21. The topological polar surface area (TPSA) is 130 Å². The smallest absolute Gasteiger partial charge is 0.255 e. The molecular formula is C26H21N7O2S. The molecule has 2 aliphatic rings. The number of nitrogens with zero attached hydrogens (tertiary/aromatic N) is 4. The Morgan fingerprint density at radius 3 is 2.83 bits per heavy atom. The van der Waals surface area contributed by atoms with Crippen LogP contribution in [0.15, 0.2) is 48.1 Å². The van der Waals surface area contributed by atoms with E-state index in [9.17, 15) is 9.59 Å². The second kappa shape index (κ2) is 8.94.